The molecule has 9 rings (SSSR count). The first-order valence-corrected chi connectivity index (χ1v) is 15.6. The van der Waals surface area contributed by atoms with Gasteiger partial charge in [0.05, 0.1) is 43.3 Å². The van der Waals surface area contributed by atoms with Gasteiger partial charge in [0.2, 0.25) is 0 Å². The van der Waals surface area contributed by atoms with E-state index in [1.807, 2.05) is 35.6 Å². The first-order chi connectivity index (χ1) is 21.2. The van der Waals surface area contributed by atoms with Gasteiger partial charge < -0.3 is 4.57 Å². The van der Waals surface area contributed by atoms with E-state index in [0.29, 0.717) is 11.1 Å². The molecule has 5 heteroatoms. The van der Waals surface area contributed by atoms with E-state index in [-0.39, 0.29) is 0 Å². The summed E-state index contributed by atoms with van der Waals surface area (Å²) in [5, 5.41) is 26.9. The Morgan fingerprint density at radius 2 is 1.14 bits per heavy atom. The Labute approximate surface area is 254 Å². The maximum absolute atomic E-state index is 10.3. The summed E-state index contributed by atoms with van der Waals surface area (Å²) in [7, 11) is 0. The van der Waals surface area contributed by atoms with Crippen LogP contribution in [0.1, 0.15) is 11.1 Å². The Kier molecular flexibility index (Phi) is 5.07. The van der Waals surface area contributed by atoms with E-state index < -0.39 is 0 Å². The molecule has 3 aromatic heterocycles. The summed E-state index contributed by atoms with van der Waals surface area (Å²) >= 11 is 3.62. The van der Waals surface area contributed by atoms with Crippen molar-refractivity contribution in [2.24, 2.45) is 0 Å². The van der Waals surface area contributed by atoms with Crippen molar-refractivity contribution in [1.82, 2.24) is 4.57 Å². The highest BCUT2D eigenvalue weighted by atomic mass is 32.1. The molecular formula is C38H19N3S2. The molecule has 198 valence electrons. The number of benzene rings is 6. The van der Waals surface area contributed by atoms with Crippen LogP contribution in [0, 0.1) is 22.7 Å². The van der Waals surface area contributed by atoms with E-state index in [0.717, 1.165) is 33.2 Å². The van der Waals surface area contributed by atoms with Crippen LogP contribution < -0.4 is 0 Å². The van der Waals surface area contributed by atoms with Crippen LogP contribution in [0.15, 0.2) is 115 Å². The zero-order valence-corrected chi connectivity index (χ0v) is 24.3. The predicted octanol–water partition coefficient (Wildman–Crippen LogP) is 10.9. The summed E-state index contributed by atoms with van der Waals surface area (Å²) < 4.78 is 7.23. The van der Waals surface area contributed by atoms with Gasteiger partial charge in [0, 0.05) is 47.3 Å². The van der Waals surface area contributed by atoms with Gasteiger partial charge in [0.1, 0.15) is 6.07 Å². The molecule has 3 nitrogen and oxygen atoms in total. The van der Waals surface area contributed by atoms with Crippen molar-refractivity contribution >= 4 is 84.8 Å². The highest BCUT2D eigenvalue weighted by Crippen LogP contribution is 2.46. The molecule has 0 N–H and O–H groups in total. The number of nitriles is 2. The Morgan fingerprint density at radius 1 is 0.512 bits per heavy atom. The maximum atomic E-state index is 10.3. The molecule has 3 heterocycles. The Balaban J connectivity index is 1.32. The lowest BCUT2D eigenvalue weighted by atomic mass is 9.98. The van der Waals surface area contributed by atoms with Crippen LogP contribution in [0.2, 0.25) is 0 Å². The van der Waals surface area contributed by atoms with Crippen LogP contribution in [0.5, 0.6) is 0 Å². The van der Waals surface area contributed by atoms with Crippen molar-refractivity contribution < 1.29 is 0 Å². The molecule has 6 aromatic carbocycles. The summed E-state index contributed by atoms with van der Waals surface area (Å²) in [6.07, 6.45) is 0. The zero-order chi connectivity index (χ0) is 28.7. The van der Waals surface area contributed by atoms with Gasteiger partial charge in [0.15, 0.2) is 0 Å². The fraction of sp³-hybridized carbons (Fsp3) is 0. The molecule has 0 radical (unpaired) electrons. The Hall–Kier alpha value is -5.46. The molecule has 0 aliphatic rings. The molecule has 0 bridgehead atoms. The summed E-state index contributed by atoms with van der Waals surface area (Å²) in [6.45, 7) is 0. The third-order valence-electron chi connectivity index (χ3n) is 8.48. The minimum Gasteiger partial charge on any atom is -0.307 e. The van der Waals surface area contributed by atoms with Crippen LogP contribution in [0.3, 0.4) is 0 Å². The number of hydrogen-bond acceptors (Lipinski definition) is 4. The fourth-order valence-electron chi connectivity index (χ4n) is 6.58. The molecule has 9 aromatic rings. The van der Waals surface area contributed by atoms with Crippen molar-refractivity contribution in [3.8, 4) is 29.0 Å². The van der Waals surface area contributed by atoms with E-state index in [9.17, 15) is 10.5 Å². The lowest BCUT2D eigenvalue weighted by Gasteiger charge is -2.16. The largest absolute Gasteiger partial charge is 0.307 e. The number of rotatable bonds is 2. The molecule has 43 heavy (non-hydrogen) atoms. The second-order valence-electron chi connectivity index (χ2n) is 10.7. The second kappa shape index (κ2) is 9.02. The molecule has 0 aliphatic heterocycles. The van der Waals surface area contributed by atoms with Crippen LogP contribution in [-0.4, -0.2) is 4.57 Å². The van der Waals surface area contributed by atoms with Gasteiger partial charge in [-0.05, 0) is 54.1 Å². The van der Waals surface area contributed by atoms with Gasteiger partial charge in [-0.15, -0.1) is 22.7 Å². The summed E-state index contributed by atoms with van der Waals surface area (Å²) in [6, 6.07) is 44.7. The molecule has 0 spiro atoms. The van der Waals surface area contributed by atoms with Crippen molar-refractivity contribution in [2.75, 3.05) is 0 Å². The summed E-state index contributed by atoms with van der Waals surface area (Å²) in [5.74, 6) is 0. The highest BCUT2D eigenvalue weighted by Gasteiger charge is 2.20. The maximum Gasteiger partial charge on any atom is 0.101 e. The van der Waals surface area contributed by atoms with E-state index in [1.54, 1.807) is 11.3 Å². The van der Waals surface area contributed by atoms with Gasteiger partial charge in [-0.2, -0.15) is 10.5 Å². The predicted molar refractivity (Wildman–Crippen MR) is 181 cm³/mol. The summed E-state index contributed by atoms with van der Waals surface area (Å²) in [5.41, 5.74) is 6.51. The third-order valence-corrected chi connectivity index (χ3v) is 11.0. The van der Waals surface area contributed by atoms with E-state index in [4.69, 9.17) is 0 Å². The molecule has 0 unspecified atom stereocenters. The molecule has 0 fully saturated rings. The van der Waals surface area contributed by atoms with Crippen molar-refractivity contribution in [3.63, 3.8) is 0 Å². The van der Waals surface area contributed by atoms with Crippen molar-refractivity contribution in [1.29, 1.82) is 10.5 Å². The van der Waals surface area contributed by atoms with Gasteiger partial charge in [-0.3, -0.25) is 0 Å². The zero-order valence-electron chi connectivity index (χ0n) is 22.6. The highest BCUT2D eigenvalue weighted by molar-refractivity contribution is 7.33. The van der Waals surface area contributed by atoms with E-state index >= 15 is 0 Å². The first-order valence-electron chi connectivity index (χ1n) is 14.0. The average Bonchev–Trinajstić information content (AvgIpc) is 3.73. The lowest BCUT2D eigenvalue weighted by molar-refractivity contribution is 1.17. The first kappa shape index (κ1) is 24.2. The molecule has 0 amide bonds. The number of para-hydroxylation sites is 3. The van der Waals surface area contributed by atoms with Crippen LogP contribution >= 0.6 is 22.7 Å². The smallest absolute Gasteiger partial charge is 0.101 e. The monoisotopic (exact) mass is 581 g/mol. The second-order valence-corrected chi connectivity index (χ2v) is 12.8. The van der Waals surface area contributed by atoms with Crippen LogP contribution in [-0.2, 0) is 0 Å². The molecular weight excluding hydrogens is 563 g/mol. The quantitative estimate of drug-likeness (QED) is 0.204. The number of fused-ring (bicyclic) bond motifs is 10. The molecule has 0 saturated heterocycles. The Morgan fingerprint density at radius 3 is 1.79 bits per heavy atom. The number of nitrogens with zero attached hydrogens (tertiary/aromatic N) is 3. The minimum absolute atomic E-state index is 0.642. The fourth-order valence-corrected chi connectivity index (χ4v) is 9.08. The van der Waals surface area contributed by atoms with Crippen molar-refractivity contribution in [3.05, 3.63) is 126 Å². The van der Waals surface area contributed by atoms with Gasteiger partial charge >= 0.3 is 0 Å². The van der Waals surface area contributed by atoms with Crippen LogP contribution in [0.25, 0.3) is 79.0 Å². The summed E-state index contributed by atoms with van der Waals surface area (Å²) in [4.78, 5) is 0. The Bertz CT molecular complexity index is 2650. The van der Waals surface area contributed by atoms with Crippen molar-refractivity contribution in [2.45, 2.75) is 0 Å². The number of hydrogen-bond donors (Lipinski definition) is 0. The van der Waals surface area contributed by atoms with Gasteiger partial charge in [-0.25, -0.2) is 0 Å². The topological polar surface area (TPSA) is 52.5 Å². The third kappa shape index (κ3) is 3.38. The minimum atomic E-state index is 0.642. The SMILES string of the molecule is N#Cc1ccc2sc3c(ccc4c5cc(-c6cccc(C#N)c6-n6c7ccccc7c7ccccc76)ccc5sc43)c2c1. The van der Waals surface area contributed by atoms with Crippen LogP contribution in [0.4, 0.5) is 0 Å². The molecule has 0 saturated carbocycles. The van der Waals surface area contributed by atoms with E-state index in [2.05, 4.69) is 108 Å². The standard InChI is InChI=1S/C38H19N3S2/c39-20-22-12-16-34-30(18-22)28-14-15-29-31-19-23(13-17-35(31)43-38(29)37(28)42-34)25-9-5-6-24(21-40)36(25)41-32-10-3-1-7-26(32)27-8-2-4-11-33(27)41/h1-19H. The van der Waals surface area contributed by atoms with Gasteiger partial charge in [0.25, 0.3) is 0 Å². The molecule has 0 aliphatic carbocycles. The normalized spacial score (nSPS) is 11.7. The van der Waals surface area contributed by atoms with E-state index in [1.165, 1.54) is 45.7 Å². The number of thiophene rings is 2. The average molecular weight is 582 g/mol. The van der Waals surface area contributed by atoms with Gasteiger partial charge in [-0.1, -0.05) is 66.7 Å². The molecule has 0 atom stereocenters. The number of aromatic nitrogens is 1. The lowest BCUT2D eigenvalue weighted by Crippen LogP contribution is -2.00.